The lowest BCUT2D eigenvalue weighted by Crippen LogP contribution is -2.68. The molecule has 0 aromatic rings. The van der Waals surface area contributed by atoms with Gasteiger partial charge in [0, 0.05) is 12.8 Å². The van der Waals surface area contributed by atoms with Crippen LogP contribution in [0.1, 0.15) is 210 Å². The predicted molar refractivity (Wildman–Crippen MR) is 306 cm³/mol. The second-order valence-electron chi connectivity index (χ2n) is 25.2. The minimum absolute atomic E-state index is 0.0283. The van der Waals surface area contributed by atoms with Gasteiger partial charge in [0.25, 0.3) is 0 Å². The fourth-order valence-electron chi connectivity index (χ4n) is 12.1. The Balaban J connectivity index is 1.28. The molecule has 0 spiro atoms. The molecule has 24 nitrogen and oxygen atoms in total. The highest BCUT2D eigenvalue weighted by atomic mass is 16.8. The van der Waals surface area contributed by atoms with E-state index in [0.29, 0.717) is 19.3 Å². The summed E-state index contributed by atoms with van der Waals surface area (Å²) in [4.78, 5) is 41.0. The summed E-state index contributed by atoms with van der Waals surface area (Å²) in [5.74, 6) is -2.88. The van der Waals surface area contributed by atoms with Gasteiger partial charge < -0.3 is 102 Å². The van der Waals surface area contributed by atoms with Gasteiger partial charge in [-0.1, -0.05) is 137 Å². The number of esters is 3. The van der Waals surface area contributed by atoms with Crippen LogP contribution in [0.4, 0.5) is 0 Å². The Morgan fingerprint density at radius 2 is 0.965 bits per heavy atom. The number of carbonyl (C=O) groups excluding carboxylic acids is 3. The Morgan fingerprint density at radius 1 is 0.453 bits per heavy atom. The molecule has 6 heterocycles. The van der Waals surface area contributed by atoms with Crippen molar-refractivity contribution in [2.75, 3.05) is 0 Å². The van der Waals surface area contributed by atoms with E-state index in [2.05, 4.69) is 13.8 Å². The lowest BCUT2D eigenvalue weighted by molar-refractivity contribution is -0.399. The lowest BCUT2D eigenvalue weighted by Gasteiger charge is -2.51. The molecule has 0 saturated carbocycles. The van der Waals surface area contributed by atoms with Crippen molar-refractivity contribution in [3.05, 3.63) is 0 Å². The molecule has 6 fully saturated rings. The molecule has 8 N–H and O–H groups in total. The molecule has 6 saturated heterocycles. The molecule has 6 aliphatic rings. The van der Waals surface area contributed by atoms with Gasteiger partial charge in [0.15, 0.2) is 49.8 Å². The van der Waals surface area contributed by atoms with Crippen molar-refractivity contribution in [3.8, 4) is 0 Å². The molecule has 26 atom stereocenters. The van der Waals surface area contributed by atoms with Gasteiger partial charge in [-0.05, 0) is 60.3 Å². The molecule has 6 aliphatic heterocycles. The number of ether oxygens (including phenoxy) is 13. The van der Waals surface area contributed by atoms with Crippen LogP contribution < -0.4 is 0 Å². The summed E-state index contributed by atoms with van der Waals surface area (Å²) >= 11 is 0. The fourth-order valence-corrected chi connectivity index (χ4v) is 12.1. The number of aliphatic hydroxyl groups is 8. The van der Waals surface area contributed by atoms with Crippen molar-refractivity contribution < 1.29 is 117 Å². The van der Waals surface area contributed by atoms with Crippen LogP contribution >= 0.6 is 0 Å². The number of carbonyl (C=O) groups is 3. The summed E-state index contributed by atoms with van der Waals surface area (Å²) in [6.45, 7) is 15.0. The van der Waals surface area contributed by atoms with E-state index in [9.17, 15) is 55.2 Å². The molecule has 86 heavy (non-hydrogen) atoms. The molecule has 500 valence electrons. The highest BCUT2D eigenvalue weighted by Gasteiger charge is 2.59. The molecule has 0 aromatic carbocycles. The summed E-state index contributed by atoms with van der Waals surface area (Å²) in [6.07, 6.45) is -18.6. The maximum Gasteiger partial charge on any atom is 0.308 e. The molecule has 6 rings (SSSR count). The van der Waals surface area contributed by atoms with Gasteiger partial charge in [0.05, 0.1) is 42.5 Å². The number of hydrogen-bond acceptors (Lipinski definition) is 24. The number of aliphatic hydroxyl groups excluding tert-OH is 8. The van der Waals surface area contributed by atoms with E-state index in [1.165, 1.54) is 46.5 Å². The van der Waals surface area contributed by atoms with Gasteiger partial charge >= 0.3 is 17.9 Å². The zero-order chi connectivity index (χ0) is 62.8. The van der Waals surface area contributed by atoms with Crippen LogP contribution in [0.3, 0.4) is 0 Å². The molecule has 0 aromatic heterocycles. The van der Waals surface area contributed by atoms with Gasteiger partial charge in [-0.15, -0.1) is 0 Å². The summed E-state index contributed by atoms with van der Waals surface area (Å²) in [5, 5.41) is 91.5. The third-order valence-corrected chi connectivity index (χ3v) is 17.6. The Bertz CT molecular complexity index is 1970. The smallest absolute Gasteiger partial charge is 0.308 e. The zero-order valence-electron chi connectivity index (χ0n) is 52.5. The Hall–Kier alpha value is -2.31. The van der Waals surface area contributed by atoms with Crippen molar-refractivity contribution >= 4 is 17.9 Å². The minimum atomic E-state index is -1.91. The van der Waals surface area contributed by atoms with Crippen molar-refractivity contribution in [1.82, 2.24) is 0 Å². The highest BCUT2D eigenvalue weighted by Crippen LogP contribution is 2.39. The summed E-state index contributed by atoms with van der Waals surface area (Å²) in [5.41, 5.74) is 0. The van der Waals surface area contributed by atoms with E-state index in [0.717, 1.165) is 89.9 Å². The van der Waals surface area contributed by atoms with E-state index in [-0.39, 0.29) is 18.9 Å². The average molecular weight is 1240 g/mol. The second-order valence-corrected chi connectivity index (χ2v) is 25.2. The first-order chi connectivity index (χ1) is 41.1. The van der Waals surface area contributed by atoms with E-state index >= 15 is 0 Å². The molecular weight excluding hydrogens is 1130 g/mol. The van der Waals surface area contributed by atoms with Crippen LogP contribution in [0.2, 0.25) is 0 Å². The standard InChI is InChI=1S/C62H108O24/c1-10-12-14-15-16-17-20-23-27-31-40(63)80-50-36(7)76-59(48(71)46(50)69)83-52-38(9)78-62(56(82-57(73)33(3)4)55(52)86-58-47(70)44(67)42(65)34(5)74-58)84-51-37(8)77-60-49(72)53(51)81-41(64)32-28-24-21-18-19-22-26-30-39(29-25-13-11-2)79-61-54(85-60)45(68)43(66)35(6)75-61/h33-39,42-56,58-62,65-72H,10-32H2,1-9H3/t34-,35+,36-,37-,38-,39-,42-,43-,44+,45-,46-,47+,48+,49+,50-,51-,52-,53-,54+,55+,56+,58-,59-,60-,61-,62-/m0/s1. The third kappa shape index (κ3) is 20.3. The normalized spacial score (nSPS) is 41.7. The van der Waals surface area contributed by atoms with Crippen LogP contribution in [-0.4, -0.2) is 218 Å². The monoisotopic (exact) mass is 1240 g/mol. The molecule has 24 heteroatoms. The quantitative estimate of drug-likeness (QED) is 0.0381. The van der Waals surface area contributed by atoms with Gasteiger partial charge in [0.1, 0.15) is 73.2 Å². The third-order valence-electron chi connectivity index (χ3n) is 17.6. The van der Waals surface area contributed by atoms with E-state index in [1.807, 2.05) is 0 Å². The molecule has 0 aliphatic carbocycles. The first-order valence-electron chi connectivity index (χ1n) is 32.6. The van der Waals surface area contributed by atoms with Crippen LogP contribution in [0.15, 0.2) is 0 Å². The van der Waals surface area contributed by atoms with Crippen LogP contribution in [-0.2, 0) is 76.0 Å². The summed E-state index contributed by atoms with van der Waals surface area (Å²) in [6, 6.07) is 0. The van der Waals surface area contributed by atoms with Crippen molar-refractivity contribution in [3.63, 3.8) is 0 Å². The Labute approximate surface area is 508 Å². The van der Waals surface area contributed by atoms with Crippen LogP contribution in [0.25, 0.3) is 0 Å². The van der Waals surface area contributed by atoms with Gasteiger partial charge in [-0.25, -0.2) is 0 Å². The minimum Gasteiger partial charge on any atom is -0.457 e. The molecular formula is C62H108O24. The van der Waals surface area contributed by atoms with Crippen molar-refractivity contribution in [1.29, 1.82) is 0 Å². The van der Waals surface area contributed by atoms with E-state index in [4.69, 9.17) is 61.6 Å². The molecule has 0 unspecified atom stereocenters. The largest absolute Gasteiger partial charge is 0.457 e. The van der Waals surface area contributed by atoms with Crippen LogP contribution in [0, 0.1) is 5.92 Å². The maximum absolute atomic E-state index is 13.9. The number of unbranched alkanes of at least 4 members (excludes halogenated alkanes) is 10. The summed E-state index contributed by atoms with van der Waals surface area (Å²) < 4.78 is 81.9. The first-order valence-corrected chi connectivity index (χ1v) is 32.6. The Kier molecular flexibility index (Phi) is 30.5. The SMILES string of the molecule is CCCCCCCCCCCC(=O)O[C@@H]1[C@@H](O)[C@@H](O)[C@H](O[C@@H]2[C@@H](O[C@@H]3O[C@@H](C)[C@H](O)[C@@H](O)[C@H]3O)[C@@H](OC(=O)C(C)C)[C@H](O[C@@H]3[C@H]4OC(=O)CCCCCCCCC[C@H](CCCCC)O[C@@H]5O[C@H](C)[C@H](O)[C@H](O)[C@H]5O[C@H](O[C@H]3C)[C@@H]4O)O[C@H]2C)O[C@H]1C. The molecule has 2 bridgehead atoms. The Morgan fingerprint density at radius 3 is 1.63 bits per heavy atom. The number of rotatable bonds is 23. The predicted octanol–water partition coefficient (Wildman–Crippen LogP) is 4.94. The number of hydrogen-bond donors (Lipinski definition) is 8. The van der Waals surface area contributed by atoms with E-state index in [1.54, 1.807) is 27.7 Å². The average Bonchev–Trinajstić information content (AvgIpc) is 0.898. The first kappa shape index (κ1) is 72.7. The maximum atomic E-state index is 13.9. The second kappa shape index (κ2) is 36.1. The van der Waals surface area contributed by atoms with Crippen molar-refractivity contribution in [2.24, 2.45) is 5.92 Å². The highest BCUT2D eigenvalue weighted by molar-refractivity contribution is 5.72. The summed E-state index contributed by atoms with van der Waals surface area (Å²) in [7, 11) is 0. The molecule has 0 amide bonds. The fraction of sp³-hybridized carbons (Fsp3) is 0.952. The van der Waals surface area contributed by atoms with Crippen molar-refractivity contribution in [2.45, 2.75) is 370 Å². The van der Waals surface area contributed by atoms with Gasteiger partial charge in [-0.3, -0.25) is 14.4 Å². The number of fused-ring (bicyclic) bond motifs is 3. The molecule has 0 radical (unpaired) electrons. The lowest BCUT2D eigenvalue weighted by atomic mass is 9.95. The van der Waals surface area contributed by atoms with Gasteiger partial charge in [-0.2, -0.15) is 0 Å². The van der Waals surface area contributed by atoms with E-state index < -0.39 is 177 Å². The van der Waals surface area contributed by atoms with Gasteiger partial charge in [0.2, 0.25) is 0 Å². The van der Waals surface area contributed by atoms with Crippen LogP contribution in [0.5, 0.6) is 0 Å². The zero-order valence-corrected chi connectivity index (χ0v) is 52.5. The topological polar surface area (TPSA) is 333 Å².